The molecule has 0 N–H and O–H groups in total. The van der Waals surface area contributed by atoms with Gasteiger partial charge in [-0.2, -0.15) is 0 Å². The molecule has 100 valence electrons. The number of hydrogen-bond acceptors (Lipinski definition) is 2. The van der Waals surface area contributed by atoms with Gasteiger partial charge in [-0.15, -0.1) is 0 Å². The molecule has 0 aliphatic heterocycles. The Morgan fingerprint density at radius 3 is 2.29 bits per heavy atom. The summed E-state index contributed by atoms with van der Waals surface area (Å²) in [5, 5.41) is 0. The van der Waals surface area contributed by atoms with Crippen LogP contribution in [0.2, 0.25) is 0 Å². The lowest BCUT2D eigenvalue weighted by atomic mass is 9.63. The molecule has 0 bridgehead atoms. The van der Waals surface area contributed by atoms with Crippen molar-refractivity contribution in [2.75, 3.05) is 0 Å². The molecule has 0 radical (unpaired) electrons. The van der Waals surface area contributed by atoms with Gasteiger partial charge in [0.25, 0.3) is 5.97 Å². The summed E-state index contributed by atoms with van der Waals surface area (Å²) >= 11 is 0. The molecular weight excluding hydrogens is 228 g/mol. The Kier molecular flexibility index (Phi) is 6.24. The maximum absolute atomic E-state index is 11.4. The molecular formula is C14H28O2Si. The largest absolute Gasteiger partial charge is 0.529 e. The normalized spacial score (nSPS) is 18.2. The van der Waals surface area contributed by atoms with Crippen molar-refractivity contribution in [3.05, 3.63) is 0 Å². The van der Waals surface area contributed by atoms with Gasteiger partial charge in [0, 0.05) is 6.42 Å². The first-order valence-electron chi connectivity index (χ1n) is 7.25. The highest BCUT2D eigenvalue weighted by Gasteiger charge is 2.36. The van der Waals surface area contributed by atoms with Crippen LogP contribution in [0.5, 0.6) is 0 Å². The molecule has 0 aromatic heterocycles. The van der Waals surface area contributed by atoms with Crippen molar-refractivity contribution < 1.29 is 9.22 Å². The van der Waals surface area contributed by atoms with E-state index in [-0.39, 0.29) is 5.97 Å². The van der Waals surface area contributed by atoms with Crippen LogP contribution in [-0.2, 0) is 9.22 Å². The van der Waals surface area contributed by atoms with Gasteiger partial charge in [-0.3, -0.25) is 4.79 Å². The minimum absolute atomic E-state index is 0.0127. The summed E-state index contributed by atoms with van der Waals surface area (Å²) < 4.78 is 4.92. The molecule has 1 aliphatic rings. The van der Waals surface area contributed by atoms with Gasteiger partial charge < -0.3 is 4.43 Å². The molecule has 0 aromatic rings. The van der Waals surface area contributed by atoms with Gasteiger partial charge in [0.15, 0.2) is 0 Å². The monoisotopic (exact) mass is 256 g/mol. The fourth-order valence-corrected chi connectivity index (χ4v) is 3.76. The Hall–Kier alpha value is -0.313. The van der Waals surface area contributed by atoms with Crippen LogP contribution in [0.3, 0.4) is 0 Å². The van der Waals surface area contributed by atoms with E-state index in [4.69, 9.17) is 4.43 Å². The van der Waals surface area contributed by atoms with Crippen LogP contribution < -0.4 is 0 Å². The minimum atomic E-state index is 0.0127. The first kappa shape index (κ1) is 14.7. The number of carbonyl (C=O) groups is 1. The van der Waals surface area contributed by atoms with Crippen LogP contribution in [0.15, 0.2) is 0 Å². The number of carbonyl (C=O) groups excluding carboxylic acids is 1. The van der Waals surface area contributed by atoms with E-state index >= 15 is 0 Å². The van der Waals surface area contributed by atoms with Crippen molar-refractivity contribution in [3.8, 4) is 0 Å². The molecule has 0 amide bonds. The van der Waals surface area contributed by atoms with Crippen LogP contribution in [0.1, 0.15) is 71.6 Å². The molecule has 0 aromatic carbocycles. The summed E-state index contributed by atoms with van der Waals surface area (Å²) in [6, 6.07) is 0. The maximum atomic E-state index is 11.4. The summed E-state index contributed by atoms with van der Waals surface area (Å²) in [5.41, 5.74) is 0.399. The standard InChI is InChI=1S/C14H28O2Si/c1-3-14(4-2,11-10-13(15)16-17)12-8-6-5-7-9-12/h12H,3-11H2,1-2,17H3. The Morgan fingerprint density at radius 1 is 1.24 bits per heavy atom. The molecule has 0 unspecified atom stereocenters. The van der Waals surface area contributed by atoms with E-state index in [0.29, 0.717) is 22.3 Å². The fraction of sp³-hybridized carbons (Fsp3) is 0.929. The van der Waals surface area contributed by atoms with Crippen molar-refractivity contribution in [2.24, 2.45) is 11.3 Å². The van der Waals surface area contributed by atoms with Gasteiger partial charge in [0.1, 0.15) is 0 Å². The fourth-order valence-electron chi connectivity index (χ4n) is 3.55. The lowest BCUT2D eigenvalue weighted by molar-refractivity contribution is -0.135. The zero-order valence-corrected chi connectivity index (χ0v) is 13.8. The van der Waals surface area contributed by atoms with Crippen LogP contribution in [0.25, 0.3) is 0 Å². The molecule has 3 heteroatoms. The van der Waals surface area contributed by atoms with Crippen molar-refractivity contribution in [2.45, 2.75) is 71.6 Å². The van der Waals surface area contributed by atoms with E-state index in [1.165, 1.54) is 44.9 Å². The molecule has 0 saturated heterocycles. The highest BCUT2D eigenvalue weighted by atomic mass is 28.2. The summed E-state index contributed by atoms with van der Waals surface area (Å²) in [6.45, 7) is 4.59. The van der Waals surface area contributed by atoms with Gasteiger partial charge in [-0.1, -0.05) is 46.0 Å². The van der Waals surface area contributed by atoms with Crippen LogP contribution in [-0.4, -0.2) is 16.5 Å². The summed E-state index contributed by atoms with van der Waals surface area (Å²) in [6.07, 6.45) is 11.0. The molecule has 1 fully saturated rings. The van der Waals surface area contributed by atoms with E-state index in [9.17, 15) is 4.79 Å². The quantitative estimate of drug-likeness (QED) is 0.683. The zero-order chi connectivity index (χ0) is 12.7. The highest BCUT2D eigenvalue weighted by molar-refractivity contribution is 6.05. The Morgan fingerprint density at radius 2 is 1.82 bits per heavy atom. The average Bonchev–Trinajstić information content (AvgIpc) is 2.41. The van der Waals surface area contributed by atoms with Gasteiger partial charge >= 0.3 is 0 Å². The molecule has 2 nitrogen and oxygen atoms in total. The van der Waals surface area contributed by atoms with E-state index in [1.807, 2.05) is 0 Å². The second kappa shape index (κ2) is 7.19. The number of hydrogen-bond donors (Lipinski definition) is 0. The smallest absolute Gasteiger partial charge is 0.291 e. The third-order valence-corrected chi connectivity index (χ3v) is 5.39. The molecule has 0 spiro atoms. The van der Waals surface area contributed by atoms with E-state index in [2.05, 4.69) is 13.8 Å². The lowest BCUT2D eigenvalue weighted by Gasteiger charge is -2.42. The SMILES string of the molecule is CCC(CC)(CCC(=O)O[SiH3])C1CCCCC1. The van der Waals surface area contributed by atoms with Crippen LogP contribution >= 0.6 is 0 Å². The lowest BCUT2D eigenvalue weighted by Crippen LogP contribution is -2.32. The topological polar surface area (TPSA) is 26.3 Å². The third-order valence-electron chi connectivity index (χ3n) is 4.93. The van der Waals surface area contributed by atoms with Gasteiger partial charge in [-0.05, 0) is 30.6 Å². The Bertz CT molecular complexity index is 230. The Labute approximate surface area is 109 Å². The first-order valence-corrected chi connectivity index (χ1v) is 8.07. The van der Waals surface area contributed by atoms with Gasteiger partial charge in [0.2, 0.25) is 10.5 Å². The molecule has 1 rings (SSSR count). The minimum Gasteiger partial charge on any atom is -0.529 e. The van der Waals surface area contributed by atoms with Crippen molar-refractivity contribution in [1.29, 1.82) is 0 Å². The zero-order valence-electron chi connectivity index (χ0n) is 11.8. The molecule has 1 aliphatic carbocycles. The van der Waals surface area contributed by atoms with Crippen LogP contribution in [0.4, 0.5) is 0 Å². The predicted octanol–water partition coefficient (Wildman–Crippen LogP) is 2.98. The molecule has 0 heterocycles. The molecule has 1 saturated carbocycles. The Balaban J connectivity index is 2.62. The average molecular weight is 256 g/mol. The first-order chi connectivity index (χ1) is 8.18. The van der Waals surface area contributed by atoms with Crippen LogP contribution in [0, 0.1) is 11.3 Å². The van der Waals surface area contributed by atoms with E-state index in [1.54, 1.807) is 0 Å². The van der Waals surface area contributed by atoms with Crippen molar-refractivity contribution in [1.82, 2.24) is 0 Å². The highest BCUT2D eigenvalue weighted by Crippen LogP contribution is 2.46. The van der Waals surface area contributed by atoms with E-state index < -0.39 is 0 Å². The van der Waals surface area contributed by atoms with Gasteiger partial charge in [0.05, 0.1) is 0 Å². The summed E-state index contributed by atoms with van der Waals surface area (Å²) in [5.74, 6) is 0.854. The van der Waals surface area contributed by atoms with E-state index in [0.717, 1.165) is 12.3 Å². The van der Waals surface area contributed by atoms with Gasteiger partial charge in [-0.25, -0.2) is 0 Å². The van der Waals surface area contributed by atoms with Crippen molar-refractivity contribution >= 4 is 16.5 Å². The summed E-state index contributed by atoms with van der Waals surface area (Å²) in [4.78, 5) is 11.4. The molecule has 17 heavy (non-hydrogen) atoms. The predicted molar refractivity (Wildman–Crippen MR) is 74.9 cm³/mol. The van der Waals surface area contributed by atoms with Crippen molar-refractivity contribution in [3.63, 3.8) is 0 Å². The summed E-state index contributed by atoms with van der Waals surface area (Å²) in [7, 11) is 0.537. The third kappa shape index (κ3) is 3.83. The number of rotatable bonds is 6. The second-order valence-corrected chi connectivity index (χ2v) is 5.89. The molecule has 0 atom stereocenters. The maximum Gasteiger partial charge on any atom is 0.291 e. The second-order valence-electron chi connectivity index (χ2n) is 5.48.